The Morgan fingerprint density at radius 3 is 2.88 bits per heavy atom. The number of amides is 1. The fourth-order valence-corrected chi connectivity index (χ4v) is 1.96. The fraction of sp³-hybridized carbons (Fsp3) is 0.417. The average molecular weight is 254 g/mol. The van der Waals surface area contributed by atoms with E-state index in [9.17, 15) is 4.79 Å². The Balaban J connectivity index is 2.56. The molecule has 17 heavy (non-hydrogen) atoms. The molecule has 1 amide bonds. The summed E-state index contributed by atoms with van der Waals surface area (Å²) in [5.74, 6) is 2.12. The summed E-state index contributed by atoms with van der Waals surface area (Å²) in [6.07, 6.45) is 0.936. The Morgan fingerprint density at radius 1 is 1.47 bits per heavy atom. The molecule has 0 bridgehead atoms. The van der Waals surface area contributed by atoms with Gasteiger partial charge in [0.05, 0.1) is 12.2 Å². The molecule has 0 saturated carbocycles. The first-order valence-corrected chi connectivity index (χ1v) is 6.70. The van der Waals surface area contributed by atoms with Crippen LogP contribution in [-0.2, 0) is 0 Å². The number of thioether (sulfide) groups is 1. The highest BCUT2D eigenvalue weighted by atomic mass is 32.2. The van der Waals surface area contributed by atoms with Crippen LogP contribution in [0, 0.1) is 0 Å². The second-order valence-corrected chi connectivity index (χ2v) is 4.91. The minimum absolute atomic E-state index is 0.377. The van der Waals surface area contributed by atoms with E-state index in [2.05, 4.69) is 6.92 Å². The van der Waals surface area contributed by atoms with Crippen molar-refractivity contribution in [2.24, 2.45) is 5.73 Å². The molecule has 0 aliphatic rings. The number of nitrogens with two attached hydrogens (primary N) is 2. The van der Waals surface area contributed by atoms with Gasteiger partial charge in [-0.2, -0.15) is 11.8 Å². The summed E-state index contributed by atoms with van der Waals surface area (Å²) in [6, 6.07) is 4.86. The van der Waals surface area contributed by atoms with E-state index >= 15 is 0 Å². The van der Waals surface area contributed by atoms with Crippen molar-refractivity contribution in [3.8, 4) is 5.75 Å². The molecule has 1 aromatic rings. The van der Waals surface area contributed by atoms with Gasteiger partial charge in [-0.15, -0.1) is 0 Å². The van der Waals surface area contributed by atoms with Crippen LogP contribution < -0.4 is 16.2 Å². The molecule has 0 aromatic heterocycles. The third kappa shape index (κ3) is 4.56. The SMILES string of the molecule is CCSCCCOc1cc(N)ccc1C(N)=O. The van der Waals surface area contributed by atoms with Crippen molar-refractivity contribution < 1.29 is 9.53 Å². The molecular weight excluding hydrogens is 236 g/mol. The van der Waals surface area contributed by atoms with Gasteiger partial charge in [-0.3, -0.25) is 4.79 Å². The quantitative estimate of drug-likeness (QED) is 0.575. The summed E-state index contributed by atoms with van der Waals surface area (Å²) in [5.41, 5.74) is 11.8. The number of hydrogen-bond donors (Lipinski definition) is 2. The average Bonchev–Trinajstić information content (AvgIpc) is 2.28. The zero-order chi connectivity index (χ0) is 12.7. The lowest BCUT2D eigenvalue weighted by atomic mass is 10.1. The van der Waals surface area contributed by atoms with Crippen LogP contribution in [0.5, 0.6) is 5.75 Å². The number of benzene rings is 1. The third-order valence-corrected chi connectivity index (χ3v) is 3.15. The normalized spacial score (nSPS) is 10.2. The Bertz CT molecular complexity index is 383. The number of anilines is 1. The molecule has 4 nitrogen and oxygen atoms in total. The fourth-order valence-electron chi connectivity index (χ4n) is 1.35. The maximum absolute atomic E-state index is 11.2. The Kier molecular flexibility index (Phi) is 5.69. The number of rotatable bonds is 7. The largest absolute Gasteiger partial charge is 0.493 e. The molecule has 1 rings (SSSR count). The van der Waals surface area contributed by atoms with E-state index in [-0.39, 0.29) is 0 Å². The van der Waals surface area contributed by atoms with Gasteiger partial charge in [-0.25, -0.2) is 0 Å². The third-order valence-electron chi connectivity index (χ3n) is 2.17. The molecule has 0 unspecified atom stereocenters. The molecule has 94 valence electrons. The molecule has 0 saturated heterocycles. The molecule has 5 heteroatoms. The number of primary amides is 1. The van der Waals surface area contributed by atoms with E-state index in [1.807, 2.05) is 11.8 Å². The first-order valence-electron chi connectivity index (χ1n) is 5.55. The van der Waals surface area contributed by atoms with Crippen LogP contribution in [0.1, 0.15) is 23.7 Å². The maximum Gasteiger partial charge on any atom is 0.252 e. The van der Waals surface area contributed by atoms with E-state index < -0.39 is 5.91 Å². The minimum Gasteiger partial charge on any atom is -0.493 e. The summed E-state index contributed by atoms with van der Waals surface area (Å²) in [7, 11) is 0. The standard InChI is InChI=1S/C12H18N2O2S/c1-2-17-7-3-6-16-11-8-9(13)4-5-10(11)12(14)15/h4-5,8H,2-3,6-7,13H2,1H3,(H2,14,15). The van der Waals surface area contributed by atoms with Crippen molar-refractivity contribution in [2.45, 2.75) is 13.3 Å². The highest BCUT2D eigenvalue weighted by Gasteiger charge is 2.09. The summed E-state index contributed by atoms with van der Waals surface area (Å²) in [4.78, 5) is 11.2. The molecule has 0 spiro atoms. The van der Waals surface area contributed by atoms with Crippen LogP contribution in [0.4, 0.5) is 5.69 Å². The molecule has 0 radical (unpaired) electrons. The van der Waals surface area contributed by atoms with E-state index in [4.69, 9.17) is 16.2 Å². The second-order valence-electron chi connectivity index (χ2n) is 3.52. The van der Waals surface area contributed by atoms with Gasteiger partial charge >= 0.3 is 0 Å². The van der Waals surface area contributed by atoms with Crippen molar-refractivity contribution in [2.75, 3.05) is 23.8 Å². The van der Waals surface area contributed by atoms with Crippen LogP contribution in [-0.4, -0.2) is 24.0 Å². The lowest BCUT2D eigenvalue weighted by Gasteiger charge is -2.10. The summed E-state index contributed by atoms with van der Waals surface area (Å²) in [5, 5.41) is 0. The monoisotopic (exact) mass is 254 g/mol. The van der Waals surface area contributed by atoms with E-state index in [0.717, 1.165) is 17.9 Å². The van der Waals surface area contributed by atoms with Crippen LogP contribution in [0.25, 0.3) is 0 Å². The van der Waals surface area contributed by atoms with E-state index in [0.29, 0.717) is 23.6 Å². The van der Waals surface area contributed by atoms with Crippen molar-refractivity contribution in [1.82, 2.24) is 0 Å². The number of ether oxygens (including phenoxy) is 1. The Labute approximate surface area is 106 Å². The number of nitrogen functional groups attached to an aromatic ring is 1. The predicted molar refractivity (Wildman–Crippen MR) is 72.5 cm³/mol. The van der Waals surface area contributed by atoms with Crippen molar-refractivity contribution in [1.29, 1.82) is 0 Å². The van der Waals surface area contributed by atoms with E-state index in [1.165, 1.54) is 0 Å². The molecule has 0 aliphatic heterocycles. The van der Waals surface area contributed by atoms with Crippen LogP contribution in [0.15, 0.2) is 18.2 Å². The topological polar surface area (TPSA) is 78.3 Å². The Hall–Kier alpha value is -1.36. The summed E-state index contributed by atoms with van der Waals surface area (Å²) in [6.45, 7) is 2.69. The zero-order valence-corrected chi connectivity index (χ0v) is 10.8. The summed E-state index contributed by atoms with van der Waals surface area (Å²) >= 11 is 1.86. The van der Waals surface area contributed by atoms with Crippen molar-refractivity contribution >= 4 is 23.4 Å². The second kappa shape index (κ2) is 7.06. The number of carbonyl (C=O) groups excluding carboxylic acids is 1. The lowest BCUT2D eigenvalue weighted by molar-refractivity contribution is 0.0996. The smallest absolute Gasteiger partial charge is 0.252 e. The number of carbonyl (C=O) groups is 1. The van der Waals surface area contributed by atoms with Crippen molar-refractivity contribution in [3.05, 3.63) is 23.8 Å². The maximum atomic E-state index is 11.2. The predicted octanol–water partition coefficient (Wildman–Crippen LogP) is 1.89. The first-order chi connectivity index (χ1) is 8.15. The molecule has 1 aromatic carbocycles. The molecule has 4 N–H and O–H groups in total. The van der Waals surface area contributed by atoms with Gasteiger partial charge < -0.3 is 16.2 Å². The molecule has 0 heterocycles. The van der Waals surface area contributed by atoms with Gasteiger partial charge in [0.25, 0.3) is 5.91 Å². The van der Waals surface area contributed by atoms with Gasteiger partial charge in [-0.1, -0.05) is 6.92 Å². The van der Waals surface area contributed by atoms with Gasteiger partial charge in [0.15, 0.2) is 0 Å². The van der Waals surface area contributed by atoms with Crippen LogP contribution in [0.2, 0.25) is 0 Å². The zero-order valence-electron chi connectivity index (χ0n) is 9.94. The Morgan fingerprint density at radius 2 is 2.24 bits per heavy atom. The van der Waals surface area contributed by atoms with Gasteiger partial charge in [0.1, 0.15) is 5.75 Å². The number of hydrogen-bond acceptors (Lipinski definition) is 4. The van der Waals surface area contributed by atoms with Crippen molar-refractivity contribution in [3.63, 3.8) is 0 Å². The highest BCUT2D eigenvalue weighted by Crippen LogP contribution is 2.21. The minimum atomic E-state index is -0.497. The molecular formula is C12H18N2O2S. The van der Waals surface area contributed by atoms with E-state index in [1.54, 1.807) is 18.2 Å². The summed E-state index contributed by atoms with van der Waals surface area (Å²) < 4.78 is 5.53. The highest BCUT2D eigenvalue weighted by molar-refractivity contribution is 7.99. The van der Waals surface area contributed by atoms with Gasteiger partial charge in [0, 0.05) is 11.8 Å². The van der Waals surface area contributed by atoms with Gasteiger partial charge in [-0.05, 0) is 30.1 Å². The van der Waals surface area contributed by atoms with Crippen LogP contribution in [0.3, 0.4) is 0 Å². The molecule has 0 fully saturated rings. The molecule has 0 atom stereocenters. The van der Waals surface area contributed by atoms with Gasteiger partial charge in [0.2, 0.25) is 0 Å². The molecule has 0 aliphatic carbocycles. The first kappa shape index (κ1) is 13.7. The van der Waals surface area contributed by atoms with Crippen LogP contribution >= 0.6 is 11.8 Å². The lowest BCUT2D eigenvalue weighted by Crippen LogP contribution is -2.13.